The molecule has 0 bridgehead atoms. The smallest absolute Gasteiger partial charge is 0.326 e. The number of aromatic nitrogens is 3. The first-order valence-electron chi connectivity index (χ1n) is 37.1. The van der Waals surface area contributed by atoms with Crippen LogP contribution in [0, 0.1) is 17.8 Å². The van der Waals surface area contributed by atoms with Gasteiger partial charge in [0.1, 0.15) is 72.2 Å². The van der Waals surface area contributed by atoms with Crippen molar-refractivity contribution in [3.05, 3.63) is 120 Å². The number of para-hydroxylation sites is 1. The van der Waals surface area contributed by atoms with Crippen LogP contribution in [0.5, 0.6) is 5.75 Å². The molecular weight excluding hydrogens is 1440 g/mol. The number of aromatic amines is 2. The molecule has 1 fully saturated rings. The number of unbranched alkanes of at least 4 members (excludes halogenated alkanes) is 1. The lowest BCUT2D eigenvalue weighted by molar-refractivity contribution is -0.143. The fraction of sp³-hybridized carbons (Fsp3) is 0.526. The number of H-pyrrole nitrogens is 2. The van der Waals surface area contributed by atoms with Gasteiger partial charge in [-0.2, -0.15) is 11.8 Å². The van der Waals surface area contributed by atoms with E-state index in [1.54, 1.807) is 78.1 Å². The maximum absolute atomic E-state index is 14.9. The third-order valence-electron chi connectivity index (χ3n) is 18.5. The second-order valence-electron chi connectivity index (χ2n) is 28.9. The maximum Gasteiger partial charge on any atom is 0.326 e. The van der Waals surface area contributed by atoms with Crippen molar-refractivity contribution in [2.75, 3.05) is 31.7 Å². The molecule has 1 saturated heterocycles. The lowest BCUT2D eigenvalue weighted by Crippen LogP contribution is -2.61. The first-order valence-corrected chi connectivity index (χ1v) is 38.5. The van der Waals surface area contributed by atoms with Gasteiger partial charge >= 0.3 is 11.9 Å². The number of nitrogens with zero attached hydrogens (tertiary/aromatic N) is 2. The summed E-state index contributed by atoms with van der Waals surface area (Å²) >= 11 is 1.45. The van der Waals surface area contributed by atoms with Crippen molar-refractivity contribution in [1.29, 1.82) is 0 Å². The number of carboxylic acids is 2. The number of hydrogen-bond donors (Lipinski definition) is 18. The Kier molecular flexibility index (Phi) is 35.6. The van der Waals surface area contributed by atoms with Crippen molar-refractivity contribution in [3.63, 3.8) is 0 Å². The first kappa shape index (κ1) is 88.5. The number of aromatic hydroxyl groups is 1. The number of benzene rings is 3. The molecule has 6 rings (SSSR count). The number of aliphatic hydroxyl groups excluding tert-OH is 1. The number of hydrogen-bond acceptors (Lipinski definition) is 19. The highest BCUT2D eigenvalue weighted by atomic mass is 32.2. The molecule has 0 radical (unpaired) electrons. The average Bonchev–Trinajstić information content (AvgIpc) is 1.60. The number of thioether (sulfide) groups is 1. The molecular formula is C76H108N16O17S. The van der Waals surface area contributed by atoms with Gasteiger partial charge in [-0.15, -0.1) is 0 Å². The third-order valence-corrected chi connectivity index (χ3v) is 19.1. The van der Waals surface area contributed by atoms with Crippen LogP contribution in [0.1, 0.15) is 128 Å². The number of phenolic OH excluding ortho intramolecular Hbond substituents is 1. The van der Waals surface area contributed by atoms with E-state index in [1.807, 2.05) is 30.5 Å². The highest BCUT2D eigenvalue weighted by molar-refractivity contribution is 7.98. The van der Waals surface area contributed by atoms with Gasteiger partial charge in [0.15, 0.2) is 0 Å². The number of nitrogens with two attached hydrogens (primary N) is 2. The van der Waals surface area contributed by atoms with Crippen molar-refractivity contribution in [2.24, 2.45) is 29.2 Å². The van der Waals surface area contributed by atoms with Crippen molar-refractivity contribution in [2.45, 2.75) is 204 Å². The highest BCUT2D eigenvalue weighted by Gasteiger charge is 2.42. The predicted molar refractivity (Wildman–Crippen MR) is 410 cm³/mol. The molecule has 34 heteroatoms. The third kappa shape index (κ3) is 28.2. The Morgan fingerprint density at radius 1 is 0.545 bits per heavy atom. The SMILES string of the molecule is CSCC[C@H](NC(=O)[C@@H](N)Cc1c[nH]c2ccccc12)C(=O)N[C@@H](Cc1ccccc1)C(=O)N1CCC[C@H]1C(=O)N[C@@H](CO)C(=O)N[C@@H](CC(C)C)C(=O)N[C@@H](CCCCN)C(=O)N[C@@H](CC(C)C)C(=O)N[C@@H](CC(C)C)C(=O)N[C@@H](CC(=O)O)C(=O)N[C@@H](Cc1ccc(O)cc1)C(=O)N[C@@H](Cc1cnc[nH]1)C(=O)O. The summed E-state index contributed by atoms with van der Waals surface area (Å²) in [6.07, 6.45) is 6.03. The number of aliphatic hydroxyl groups is 1. The van der Waals surface area contributed by atoms with E-state index < -0.39 is 162 Å². The molecule has 0 aliphatic carbocycles. The van der Waals surface area contributed by atoms with E-state index in [-0.39, 0.29) is 107 Å². The summed E-state index contributed by atoms with van der Waals surface area (Å²) in [6.45, 7) is 9.79. The number of amides is 11. The molecule has 2 aromatic heterocycles. The largest absolute Gasteiger partial charge is 0.508 e. The number of carbonyl (C=O) groups excluding carboxylic acids is 11. The summed E-state index contributed by atoms with van der Waals surface area (Å²) in [6, 6.07) is 4.97. The van der Waals surface area contributed by atoms with Crippen molar-refractivity contribution < 1.29 is 82.8 Å². The fourth-order valence-corrected chi connectivity index (χ4v) is 13.2. The van der Waals surface area contributed by atoms with E-state index in [0.717, 1.165) is 16.5 Å². The van der Waals surface area contributed by atoms with Gasteiger partial charge in [-0.05, 0) is 135 Å². The fourth-order valence-electron chi connectivity index (χ4n) is 12.8. The minimum atomic E-state index is -1.90. The Bertz CT molecular complexity index is 3900. The quantitative estimate of drug-likeness (QED) is 0.0237. The van der Waals surface area contributed by atoms with Crippen molar-refractivity contribution in [3.8, 4) is 5.75 Å². The Labute approximate surface area is 643 Å². The summed E-state index contributed by atoms with van der Waals surface area (Å²) in [7, 11) is 0. The molecule has 1 aliphatic heterocycles. The van der Waals surface area contributed by atoms with Gasteiger partial charge in [0.2, 0.25) is 65.0 Å². The molecule has 5 aromatic rings. The summed E-state index contributed by atoms with van der Waals surface area (Å²) in [5.41, 5.74) is 15.4. The van der Waals surface area contributed by atoms with E-state index in [4.69, 9.17) is 11.5 Å². The lowest BCUT2D eigenvalue weighted by Gasteiger charge is -2.31. The molecule has 600 valence electrons. The van der Waals surface area contributed by atoms with Crippen LogP contribution in [-0.2, 0) is 88.0 Å². The van der Waals surface area contributed by atoms with E-state index in [9.17, 15) is 82.8 Å². The van der Waals surface area contributed by atoms with Crippen LogP contribution in [0.15, 0.2) is 97.6 Å². The molecule has 110 heavy (non-hydrogen) atoms. The standard InChI is InChI=1S/C76H108N16O17S/c1-42(2)30-55(86-73(105)62(40-93)91-74(106)63-21-15-28-92(63)75(107)60(34-45-16-9-8-10-17-45)89-67(99)54(26-29-110-7)82-65(97)51(78)35-47-38-80-52-19-12-11-18-50(47)52)68(100)83-53(20-13-14-27-77)66(98)84-56(31-43(3)4)69(101)85-57(32-44(5)6)70(102)88-59(37-64(95)96)72(104)87-58(33-46-22-24-49(94)25-23-46)71(103)90-61(76(108)109)36-48-39-79-41-81-48/h8-12,16-19,22-25,38-39,41-44,51,53-63,80,93-94H,13-15,20-21,26-37,40,77-78H2,1-7H3,(H,79,81)(H,82,97)(H,83,100)(H,84,98)(H,85,101)(H,86,105)(H,87,104)(H,88,102)(H,89,99)(H,90,103)(H,91,106)(H,95,96)(H,108,109)/t51-,53-,54-,55-,56-,57-,58-,59-,60-,61-,62-,63-/m0/s1. The summed E-state index contributed by atoms with van der Waals surface area (Å²) in [5.74, 6) is -13.0. The van der Waals surface area contributed by atoms with Gasteiger partial charge in [-0.25, -0.2) is 9.78 Å². The van der Waals surface area contributed by atoms with Gasteiger partial charge < -0.3 is 99.9 Å². The summed E-state index contributed by atoms with van der Waals surface area (Å²) in [5, 5.41) is 67.8. The molecule has 0 spiro atoms. The summed E-state index contributed by atoms with van der Waals surface area (Å²) in [4.78, 5) is 194. The number of phenols is 1. The number of nitrogens with one attached hydrogen (secondary N) is 12. The predicted octanol–water partition coefficient (Wildman–Crippen LogP) is 0.605. The Balaban J connectivity index is 1.14. The molecule has 0 saturated carbocycles. The zero-order valence-corrected chi connectivity index (χ0v) is 64.0. The number of aliphatic carboxylic acids is 2. The molecule has 3 aromatic carbocycles. The number of carboxylic acid groups (broad SMARTS) is 2. The van der Waals surface area contributed by atoms with Crippen LogP contribution in [0.2, 0.25) is 0 Å². The molecule has 0 unspecified atom stereocenters. The van der Waals surface area contributed by atoms with Crippen LogP contribution < -0.4 is 64.6 Å². The number of likely N-dealkylation sites (tertiary alicyclic amines) is 1. The van der Waals surface area contributed by atoms with Crippen molar-refractivity contribution in [1.82, 2.24) is 73.0 Å². The van der Waals surface area contributed by atoms with Crippen LogP contribution in [0.25, 0.3) is 10.9 Å². The van der Waals surface area contributed by atoms with Crippen molar-refractivity contribution >= 4 is 99.6 Å². The first-order chi connectivity index (χ1) is 52.4. The van der Waals surface area contributed by atoms with Gasteiger partial charge in [-0.1, -0.05) is 102 Å². The maximum atomic E-state index is 14.9. The van der Waals surface area contributed by atoms with Crippen LogP contribution in [0.3, 0.4) is 0 Å². The monoisotopic (exact) mass is 1550 g/mol. The molecule has 33 nitrogen and oxygen atoms in total. The summed E-state index contributed by atoms with van der Waals surface area (Å²) < 4.78 is 0. The van der Waals surface area contributed by atoms with E-state index in [1.165, 1.54) is 53.5 Å². The topological polar surface area (TPSA) is 523 Å². The second-order valence-corrected chi connectivity index (χ2v) is 29.9. The van der Waals surface area contributed by atoms with Gasteiger partial charge in [0.05, 0.1) is 25.4 Å². The molecule has 1 aliphatic rings. The van der Waals surface area contributed by atoms with E-state index >= 15 is 0 Å². The van der Waals surface area contributed by atoms with E-state index in [0.29, 0.717) is 35.4 Å². The van der Waals surface area contributed by atoms with Crippen LogP contribution in [-0.4, -0.2) is 221 Å². The number of rotatable bonds is 46. The number of carbonyl (C=O) groups is 13. The molecule has 11 amide bonds. The zero-order valence-electron chi connectivity index (χ0n) is 63.2. The zero-order chi connectivity index (χ0) is 80.7. The average molecular weight is 1550 g/mol. The lowest BCUT2D eigenvalue weighted by atomic mass is 9.98. The van der Waals surface area contributed by atoms with Gasteiger partial charge in [-0.3, -0.25) is 57.5 Å². The van der Waals surface area contributed by atoms with Crippen LogP contribution in [0.4, 0.5) is 0 Å². The van der Waals surface area contributed by atoms with Gasteiger partial charge in [0.25, 0.3) is 0 Å². The Morgan fingerprint density at radius 3 is 1.59 bits per heavy atom. The Morgan fingerprint density at radius 2 is 1.04 bits per heavy atom. The minimum Gasteiger partial charge on any atom is -0.508 e. The second kappa shape index (κ2) is 44.3. The Hall–Kier alpha value is -10.5. The number of fused-ring (bicyclic) bond motifs is 1. The molecule has 3 heterocycles. The molecule has 12 atom stereocenters. The number of imidazole rings is 1. The highest BCUT2D eigenvalue weighted by Crippen LogP contribution is 2.23. The normalized spacial score (nSPS) is 15.8. The van der Waals surface area contributed by atoms with E-state index in [2.05, 4.69) is 68.1 Å². The molecule has 20 N–H and O–H groups in total. The van der Waals surface area contributed by atoms with Gasteiger partial charge in [0, 0.05) is 54.8 Å². The van der Waals surface area contributed by atoms with Crippen LogP contribution >= 0.6 is 11.8 Å². The minimum absolute atomic E-state index is 0.0102.